The van der Waals surface area contributed by atoms with Gasteiger partial charge >= 0.3 is 0 Å². The molecule has 0 radical (unpaired) electrons. The highest BCUT2D eigenvalue weighted by atomic mass is 16.2. The van der Waals surface area contributed by atoms with Crippen LogP contribution in [0.1, 0.15) is 19.5 Å². The lowest BCUT2D eigenvalue weighted by atomic mass is 10.1. The SMILES string of the molecule is CC1(C)N=C(c2ccncn2)NC1=O. The Kier molecular flexibility index (Phi) is 1.80. The van der Waals surface area contributed by atoms with Crippen molar-refractivity contribution >= 4 is 11.7 Å². The zero-order valence-corrected chi connectivity index (χ0v) is 7.98. The summed E-state index contributed by atoms with van der Waals surface area (Å²) in [5.74, 6) is 0.411. The Hall–Kier alpha value is -1.78. The summed E-state index contributed by atoms with van der Waals surface area (Å²) in [7, 11) is 0. The van der Waals surface area contributed by atoms with E-state index in [0.717, 1.165) is 0 Å². The van der Waals surface area contributed by atoms with Crippen molar-refractivity contribution in [2.75, 3.05) is 0 Å². The fourth-order valence-corrected chi connectivity index (χ4v) is 1.17. The predicted molar refractivity (Wildman–Crippen MR) is 50.8 cm³/mol. The van der Waals surface area contributed by atoms with Crippen LogP contribution < -0.4 is 5.32 Å². The van der Waals surface area contributed by atoms with Gasteiger partial charge in [0.05, 0.1) is 0 Å². The van der Waals surface area contributed by atoms with Gasteiger partial charge in [0.1, 0.15) is 17.6 Å². The third-order valence-corrected chi connectivity index (χ3v) is 2.00. The lowest BCUT2D eigenvalue weighted by molar-refractivity contribution is -0.122. The van der Waals surface area contributed by atoms with Crippen LogP contribution in [0, 0.1) is 0 Å². The fraction of sp³-hybridized carbons (Fsp3) is 0.333. The second-order valence-electron chi connectivity index (χ2n) is 3.57. The Morgan fingerprint density at radius 2 is 2.21 bits per heavy atom. The zero-order chi connectivity index (χ0) is 10.2. The van der Waals surface area contributed by atoms with Gasteiger partial charge < -0.3 is 5.32 Å². The highest BCUT2D eigenvalue weighted by Gasteiger charge is 2.34. The first kappa shape index (κ1) is 8.80. The highest BCUT2D eigenvalue weighted by Crippen LogP contribution is 2.16. The number of nitrogens with zero attached hydrogens (tertiary/aromatic N) is 3. The maximum atomic E-state index is 11.4. The first-order valence-electron chi connectivity index (χ1n) is 4.27. The second kappa shape index (κ2) is 2.87. The van der Waals surface area contributed by atoms with Crippen LogP contribution in [0.2, 0.25) is 0 Å². The molecule has 0 spiro atoms. The molecule has 5 heteroatoms. The average molecular weight is 190 g/mol. The molecule has 14 heavy (non-hydrogen) atoms. The third kappa shape index (κ3) is 1.37. The number of carbonyl (C=O) groups is 1. The summed E-state index contributed by atoms with van der Waals surface area (Å²) < 4.78 is 0. The van der Waals surface area contributed by atoms with Gasteiger partial charge in [0.2, 0.25) is 0 Å². The first-order valence-corrected chi connectivity index (χ1v) is 4.27. The van der Waals surface area contributed by atoms with E-state index >= 15 is 0 Å². The van der Waals surface area contributed by atoms with Crippen molar-refractivity contribution in [2.45, 2.75) is 19.4 Å². The molecular formula is C9H10N4O. The van der Waals surface area contributed by atoms with E-state index in [-0.39, 0.29) is 5.91 Å². The van der Waals surface area contributed by atoms with Crippen molar-refractivity contribution in [3.8, 4) is 0 Å². The lowest BCUT2D eigenvalue weighted by Gasteiger charge is -2.07. The maximum absolute atomic E-state index is 11.4. The molecule has 2 heterocycles. The minimum absolute atomic E-state index is 0.105. The van der Waals surface area contributed by atoms with Crippen molar-refractivity contribution in [3.05, 3.63) is 24.3 Å². The number of aliphatic imine (C=N–C) groups is 1. The smallest absolute Gasteiger partial charge is 0.252 e. The van der Waals surface area contributed by atoms with Crippen molar-refractivity contribution in [1.29, 1.82) is 0 Å². The Morgan fingerprint density at radius 1 is 1.43 bits per heavy atom. The first-order chi connectivity index (χ1) is 6.59. The minimum atomic E-state index is -0.694. The Balaban J connectivity index is 2.36. The predicted octanol–water partition coefficient (Wildman–Crippen LogP) is 0.132. The summed E-state index contributed by atoms with van der Waals surface area (Å²) in [6, 6.07) is 1.71. The van der Waals surface area contributed by atoms with Gasteiger partial charge in [0, 0.05) is 6.20 Å². The molecule has 0 unspecified atom stereocenters. The van der Waals surface area contributed by atoms with Gasteiger partial charge in [-0.15, -0.1) is 0 Å². The Labute approximate surface area is 81.3 Å². The Morgan fingerprint density at radius 3 is 2.71 bits per heavy atom. The molecule has 1 aliphatic rings. The number of amidine groups is 1. The average Bonchev–Trinajstić information content (AvgIpc) is 2.43. The van der Waals surface area contributed by atoms with Gasteiger partial charge in [-0.05, 0) is 19.9 Å². The number of amides is 1. The fourth-order valence-electron chi connectivity index (χ4n) is 1.17. The standard InChI is InChI=1S/C9H10N4O/c1-9(2)8(14)12-7(13-9)6-3-4-10-5-11-6/h3-5H,1-2H3,(H,12,13,14). The second-order valence-corrected chi connectivity index (χ2v) is 3.57. The van der Waals surface area contributed by atoms with E-state index in [2.05, 4.69) is 20.3 Å². The lowest BCUT2D eigenvalue weighted by Crippen LogP contribution is -2.34. The van der Waals surface area contributed by atoms with Crippen LogP contribution in [0.5, 0.6) is 0 Å². The number of rotatable bonds is 1. The van der Waals surface area contributed by atoms with E-state index in [0.29, 0.717) is 11.5 Å². The summed E-state index contributed by atoms with van der Waals surface area (Å²) in [6.45, 7) is 3.52. The van der Waals surface area contributed by atoms with Gasteiger partial charge in [-0.25, -0.2) is 9.97 Å². The van der Waals surface area contributed by atoms with Crippen molar-refractivity contribution in [3.63, 3.8) is 0 Å². The molecule has 72 valence electrons. The summed E-state index contributed by atoms with van der Waals surface area (Å²) in [5.41, 5.74) is -0.0563. The van der Waals surface area contributed by atoms with Crippen molar-refractivity contribution in [2.24, 2.45) is 4.99 Å². The summed E-state index contributed by atoms with van der Waals surface area (Å²) >= 11 is 0. The third-order valence-electron chi connectivity index (χ3n) is 2.00. The molecule has 0 bridgehead atoms. The van der Waals surface area contributed by atoms with Crippen LogP contribution in [0.3, 0.4) is 0 Å². The van der Waals surface area contributed by atoms with Crippen LogP contribution in [-0.4, -0.2) is 27.2 Å². The van der Waals surface area contributed by atoms with E-state index in [1.54, 1.807) is 26.1 Å². The maximum Gasteiger partial charge on any atom is 0.252 e. The summed E-state index contributed by atoms with van der Waals surface area (Å²) in [4.78, 5) is 23.4. The van der Waals surface area contributed by atoms with Crippen LogP contribution in [0.15, 0.2) is 23.6 Å². The number of aromatic nitrogens is 2. The molecule has 0 saturated carbocycles. The molecule has 1 amide bonds. The zero-order valence-electron chi connectivity index (χ0n) is 7.98. The molecule has 1 aromatic rings. The van der Waals surface area contributed by atoms with Crippen LogP contribution in [-0.2, 0) is 4.79 Å². The molecule has 0 aliphatic carbocycles. The van der Waals surface area contributed by atoms with E-state index in [9.17, 15) is 4.79 Å². The van der Waals surface area contributed by atoms with Gasteiger partial charge in [0.25, 0.3) is 5.91 Å². The quantitative estimate of drug-likeness (QED) is 0.684. The normalized spacial score (nSPS) is 19.0. The van der Waals surface area contributed by atoms with Gasteiger partial charge in [-0.1, -0.05) is 0 Å². The molecule has 0 saturated heterocycles. The van der Waals surface area contributed by atoms with Crippen LogP contribution in [0.4, 0.5) is 0 Å². The molecule has 0 fully saturated rings. The summed E-state index contributed by atoms with van der Waals surface area (Å²) in [5, 5.41) is 2.68. The molecular weight excluding hydrogens is 180 g/mol. The molecule has 0 aromatic carbocycles. The number of carbonyl (C=O) groups excluding carboxylic acids is 1. The Bertz CT molecular complexity index is 397. The van der Waals surface area contributed by atoms with Crippen molar-refractivity contribution in [1.82, 2.24) is 15.3 Å². The van der Waals surface area contributed by atoms with E-state index < -0.39 is 5.54 Å². The molecule has 1 aromatic heterocycles. The van der Waals surface area contributed by atoms with Crippen LogP contribution in [0.25, 0.3) is 0 Å². The minimum Gasteiger partial charge on any atom is -0.307 e. The molecule has 1 N–H and O–H groups in total. The molecule has 2 rings (SSSR count). The molecule has 5 nitrogen and oxygen atoms in total. The monoisotopic (exact) mass is 190 g/mol. The van der Waals surface area contributed by atoms with Crippen LogP contribution >= 0.6 is 0 Å². The van der Waals surface area contributed by atoms with E-state index in [1.807, 2.05) is 0 Å². The molecule has 0 atom stereocenters. The van der Waals surface area contributed by atoms with E-state index in [1.165, 1.54) is 6.33 Å². The number of hydrogen-bond donors (Lipinski definition) is 1. The topological polar surface area (TPSA) is 67.2 Å². The summed E-state index contributed by atoms with van der Waals surface area (Å²) in [6.07, 6.45) is 3.04. The van der Waals surface area contributed by atoms with E-state index in [4.69, 9.17) is 0 Å². The van der Waals surface area contributed by atoms with Gasteiger partial charge in [-0.2, -0.15) is 0 Å². The molecule has 1 aliphatic heterocycles. The van der Waals surface area contributed by atoms with Gasteiger partial charge in [0.15, 0.2) is 5.84 Å². The number of hydrogen-bond acceptors (Lipinski definition) is 4. The van der Waals surface area contributed by atoms with Crippen molar-refractivity contribution < 1.29 is 4.79 Å². The van der Waals surface area contributed by atoms with Gasteiger partial charge in [-0.3, -0.25) is 9.79 Å². The number of nitrogens with one attached hydrogen (secondary N) is 1. The largest absolute Gasteiger partial charge is 0.307 e. The highest BCUT2D eigenvalue weighted by molar-refractivity contribution is 6.14.